The molecule has 0 amide bonds. The van der Waals surface area contributed by atoms with E-state index in [0.717, 1.165) is 12.3 Å². The molecular weight excluding hydrogens is 222 g/mol. The molecule has 0 aliphatic heterocycles. The maximum Gasteiger partial charge on any atom is 0.0669 e. The second kappa shape index (κ2) is 6.37. The summed E-state index contributed by atoms with van der Waals surface area (Å²) >= 11 is 0. The van der Waals surface area contributed by atoms with Gasteiger partial charge in [-0.3, -0.25) is 4.68 Å². The Bertz CT molecular complexity index is 364. The topological polar surface area (TPSA) is 29.9 Å². The zero-order chi connectivity index (χ0) is 13.0. The van der Waals surface area contributed by atoms with Gasteiger partial charge in [0.25, 0.3) is 0 Å². The van der Waals surface area contributed by atoms with Crippen LogP contribution in [0.3, 0.4) is 0 Å². The van der Waals surface area contributed by atoms with E-state index in [2.05, 4.69) is 30.6 Å². The van der Waals surface area contributed by atoms with Crippen LogP contribution in [0.25, 0.3) is 0 Å². The highest BCUT2D eigenvalue weighted by atomic mass is 15.3. The molecule has 0 spiro atoms. The van der Waals surface area contributed by atoms with Gasteiger partial charge in [0, 0.05) is 24.8 Å². The predicted molar refractivity (Wildman–Crippen MR) is 75.6 cm³/mol. The van der Waals surface area contributed by atoms with Crippen LogP contribution in [-0.4, -0.2) is 16.8 Å². The van der Waals surface area contributed by atoms with Crippen molar-refractivity contribution in [3.05, 3.63) is 17.5 Å². The summed E-state index contributed by atoms with van der Waals surface area (Å²) in [5.74, 6) is 0.904. The third-order valence-electron chi connectivity index (χ3n) is 4.29. The van der Waals surface area contributed by atoms with Crippen molar-refractivity contribution in [1.29, 1.82) is 0 Å². The lowest BCUT2D eigenvalue weighted by Gasteiger charge is -2.26. The fraction of sp³-hybridized carbons (Fsp3) is 0.800. The van der Waals surface area contributed by atoms with Crippen LogP contribution in [-0.2, 0) is 13.5 Å². The number of aromatic nitrogens is 2. The van der Waals surface area contributed by atoms with Gasteiger partial charge in [0.2, 0.25) is 0 Å². The van der Waals surface area contributed by atoms with E-state index in [1.54, 1.807) is 0 Å². The molecule has 0 saturated heterocycles. The van der Waals surface area contributed by atoms with Crippen molar-refractivity contribution in [2.24, 2.45) is 13.0 Å². The van der Waals surface area contributed by atoms with Gasteiger partial charge in [-0.25, -0.2) is 0 Å². The molecule has 3 nitrogen and oxygen atoms in total. The molecule has 1 aliphatic carbocycles. The molecule has 0 radical (unpaired) electrons. The normalized spacial score (nSPS) is 19.1. The van der Waals surface area contributed by atoms with Gasteiger partial charge >= 0.3 is 0 Å². The van der Waals surface area contributed by atoms with E-state index in [0.29, 0.717) is 6.04 Å². The highest BCUT2D eigenvalue weighted by molar-refractivity contribution is 5.21. The quantitative estimate of drug-likeness (QED) is 0.868. The highest BCUT2D eigenvalue weighted by Crippen LogP contribution is 2.32. The Hall–Kier alpha value is -0.830. The van der Waals surface area contributed by atoms with Crippen molar-refractivity contribution in [1.82, 2.24) is 15.1 Å². The molecule has 102 valence electrons. The average Bonchev–Trinajstić information content (AvgIpc) is 2.78. The van der Waals surface area contributed by atoms with Gasteiger partial charge in [0.15, 0.2) is 0 Å². The summed E-state index contributed by atoms with van der Waals surface area (Å²) in [6, 6.07) is 0.483. The third kappa shape index (κ3) is 3.14. The maximum absolute atomic E-state index is 4.57. The van der Waals surface area contributed by atoms with Gasteiger partial charge in [-0.1, -0.05) is 39.0 Å². The minimum atomic E-state index is 0.483. The summed E-state index contributed by atoms with van der Waals surface area (Å²) in [7, 11) is 4.11. The molecule has 1 saturated carbocycles. The maximum atomic E-state index is 4.57. The van der Waals surface area contributed by atoms with Crippen molar-refractivity contribution in [3.63, 3.8) is 0 Å². The Morgan fingerprint density at radius 1 is 1.39 bits per heavy atom. The third-order valence-corrected chi connectivity index (χ3v) is 4.29. The Labute approximate surface area is 111 Å². The Balaban J connectivity index is 2.06. The fourth-order valence-corrected chi connectivity index (χ4v) is 3.28. The number of aryl methyl sites for hydroxylation is 2. The van der Waals surface area contributed by atoms with Gasteiger partial charge in [-0.05, 0) is 25.8 Å². The minimum absolute atomic E-state index is 0.483. The lowest BCUT2D eigenvalue weighted by molar-refractivity contribution is 0.305. The van der Waals surface area contributed by atoms with E-state index >= 15 is 0 Å². The van der Waals surface area contributed by atoms with Crippen LogP contribution in [0.5, 0.6) is 0 Å². The Kier molecular flexibility index (Phi) is 4.81. The largest absolute Gasteiger partial charge is 0.313 e. The zero-order valence-corrected chi connectivity index (χ0v) is 12.1. The summed E-state index contributed by atoms with van der Waals surface area (Å²) in [5, 5.41) is 8.07. The number of hydrogen-bond acceptors (Lipinski definition) is 2. The fourth-order valence-electron chi connectivity index (χ4n) is 3.28. The SMILES string of the molecule is CCc1nn(C)cc1C(CC1CCCCC1)NC. The van der Waals surface area contributed by atoms with Gasteiger partial charge < -0.3 is 5.32 Å². The Morgan fingerprint density at radius 3 is 2.72 bits per heavy atom. The number of hydrogen-bond donors (Lipinski definition) is 1. The predicted octanol–water partition coefficient (Wildman–Crippen LogP) is 3.21. The van der Waals surface area contributed by atoms with E-state index in [-0.39, 0.29) is 0 Å². The lowest BCUT2D eigenvalue weighted by Crippen LogP contribution is -2.21. The molecule has 1 unspecified atom stereocenters. The highest BCUT2D eigenvalue weighted by Gasteiger charge is 2.22. The first kappa shape index (κ1) is 13.6. The molecular formula is C15H27N3. The lowest BCUT2D eigenvalue weighted by atomic mass is 9.83. The molecule has 3 heteroatoms. The molecule has 1 heterocycles. The first-order valence-corrected chi connectivity index (χ1v) is 7.44. The number of rotatable bonds is 5. The second-order valence-corrected chi connectivity index (χ2v) is 5.64. The van der Waals surface area contributed by atoms with Gasteiger partial charge in [-0.2, -0.15) is 5.10 Å². The number of nitrogens with one attached hydrogen (secondary N) is 1. The summed E-state index contributed by atoms with van der Waals surface area (Å²) < 4.78 is 1.96. The summed E-state index contributed by atoms with van der Waals surface area (Å²) in [6.07, 6.45) is 11.6. The van der Waals surface area contributed by atoms with E-state index < -0.39 is 0 Å². The molecule has 0 bridgehead atoms. The molecule has 2 rings (SSSR count). The molecule has 1 aromatic heterocycles. The number of nitrogens with zero attached hydrogens (tertiary/aromatic N) is 2. The molecule has 1 N–H and O–H groups in total. The average molecular weight is 249 g/mol. The molecule has 18 heavy (non-hydrogen) atoms. The van der Waals surface area contributed by atoms with Crippen LogP contribution >= 0.6 is 0 Å². The van der Waals surface area contributed by atoms with Gasteiger partial charge in [0.05, 0.1) is 5.69 Å². The molecule has 1 fully saturated rings. The van der Waals surface area contributed by atoms with Crippen LogP contribution in [0, 0.1) is 5.92 Å². The van der Waals surface area contributed by atoms with E-state index in [4.69, 9.17) is 0 Å². The van der Waals surface area contributed by atoms with Crippen molar-refractivity contribution < 1.29 is 0 Å². The van der Waals surface area contributed by atoms with Crippen LogP contribution in [0.1, 0.15) is 62.7 Å². The summed E-state index contributed by atoms with van der Waals surface area (Å²) in [4.78, 5) is 0. The van der Waals surface area contributed by atoms with E-state index in [1.165, 1.54) is 49.8 Å². The van der Waals surface area contributed by atoms with Gasteiger partial charge in [-0.15, -0.1) is 0 Å². The van der Waals surface area contributed by atoms with Crippen LogP contribution < -0.4 is 5.32 Å². The smallest absolute Gasteiger partial charge is 0.0669 e. The molecule has 0 aromatic carbocycles. The molecule has 1 atom stereocenters. The standard InChI is InChI=1S/C15H27N3/c1-4-14-13(11-18(3)17-14)15(16-2)10-12-8-6-5-7-9-12/h11-12,15-16H,4-10H2,1-3H3. The second-order valence-electron chi connectivity index (χ2n) is 5.64. The summed E-state index contributed by atoms with van der Waals surface area (Å²) in [6.45, 7) is 2.19. The van der Waals surface area contributed by atoms with Crippen molar-refractivity contribution >= 4 is 0 Å². The zero-order valence-electron chi connectivity index (χ0n) is 12.1. The molecule has 1 aliphatic rings. The summed E-state index contributed by atoms with van der Waals surface area (Å²) in [5.41, 5.74) is 2.67. The van der Waals surface area contributed by atoms with Crippen LogP contribution in [0.15, 0.2) is 6.20 Å². The van der Waals surface area contributed by atoms with E-state index in [1.807, 2.05) is 11.7 Å². The van der Waals surface area contributed by atoms with Crippen molar-refractivity contribution in [2.45, 2.75) is 57.9 Å². The van der Waals surface area contributed by atoms with Crippen LogP contribution in [0.4, 0.5) is 0 Å². The molecule has 1 aromatic rings. The first-order valence-electron chi connectivity index (χ1n) is 7.44. The van der Waals surface area contributed by atoms with Gasteiger partial charge in [0.1, 0.15) is 0 Å². The van der Waals surface area contributed by atoms with Crippen LogP contribution in [0.2, 0.25) is 0 Å². The minimum Gasteiger partial charge on any atom is -0.313 e. The van der Waals surface area contributed by atoms with E-state index in [9.17, 15) is 0 Å². The monoisotopic (exact) mass is 249 g/mol. The Morgan fingerprint density at radius 2 is 2.11 bits per heavy atom. The first-order chi connectivity index (χ1) is 8.74. The van der Waals surface area contributed by atoms with Crippen molar-refractivity contribution in [3.8, 4) is 0 Å². The van der Waals surface area contributed by atoms with Crippen molar-refractivity contribution in [2.75, 3.05) is 7.05 Å².